The van der Waals surface area contributed by atoms with Gasteiger partial charge in [0.1, 0.15) is 9.52 Å². The molecular formula is C18H22Si. The van der Waals surface area contributed by atoms with Gasteiger partial charge in [-0.1, -0.05) is 86.6 Å². The summed E-state index contributed by atoms with van der Waals surface area (Å²) in [6.07, 6.45) is 0. The molecule has 0 unspecified atom stereocenters. The van der Waals surface area contributed by atoms with Crippen molar-refractivity contribution in [1.82, 2.24) is 0 Å². The highest BCUT2D eigenvalue weighted by Gasteiger charge is 2.11. The normalized spacial score (nSPS) is 11.3. The van der Waals surface area contributed by atoms with Crippen LogP contribution in [0.4, 0.5) is 0 Å². The summed E-state index contributed by atoms with van der Waals surface area (Å²) in [6.45, 7) is 9.10. The summed E-state index contributed by atoms with van der Waals surface area (Å²) in [4.78, 5) is 0. The minimum atomic E-state index is 0.593. The SMILES string of the molecule is CC(C)c1ccccc1[Si]c1ccccc1C(C)C. The Balaban J connectivity index is 2.37. The molecule has 2 aromatic carbocycles. The van der Waals surface area contributed by atoms with Crippen LogP contribution >= 0.6 is 0 Å². The number of hydrogen-bond acceptors (Lipinski definition) is 0. The first-order valence-corrected chi connectivity index (χ1v) is 8.04. The molecule has 0 amide bonds. The summed E-state index contributed by atoms with van der Waals surface area (Å²) in [5, 5.41) is 2.98. The van der Waals surface area contributed by atoms with E-state index in [2.05, 4.69) is 76.2 Å². The zero-order valence-electron chi connectivity index (χ0n) is 12.3. The van der Waals surface area contributed by atoms with E-state index in [9.17, 15) is 0 Å². The second-order valence-corrected chi connectivity index (χ2v) is 6.94. The molecule has 0 spiro atoms. The maximum absolute atomic E-state index is 2.28. The lowest BCUT2D eigenvalue weighted by atomic mass is 10.0. The minimum absolute atomic E-state index is 0.593. The maximum atomic E-state index is 2.28. The predicted octanol–water partition coefficient (Wildman–Crippen LogP) is 3.59. The summed E-state index contributed by atoms with van der Waals surface area (Å²) in [5.74, 6) is 1.19. The number of hydrogen-bond donors (Lipinski definition) is 0. The van der Waals surface area contributed by atoms with Crippen LogP contribution in [-0.2, 0) is 0 Å². The zero-order chi connectivity index (χ0) is 13.8. The van der Waals surface area contributed by atoms with Crippen molar-refractivity contribution in [2.45, 2.75) is 39.5 Å². The molecule has 0 aliphatic heterocycles. The third-order valence-corrected chi connectivity index (χ3v) is 4.88. The second kappa shape index (κ2) is 6.20. The molecule has 0 saturated heterocycles. The van der Waals surface area contributed by atoms with Gasteiger partial charge in [0, 0.05) is 0 Å². The van der Waals surface area contributed by atoms with Gasteiger partial charge in [-0.2, -0.15) is 0 Å². The fourth-order valence-electron chi connectivity index (χ4n) is 2.37. The van der Waals surface area contributed by atoms with Gasteiger partial charge in [-0.15, -0.1) is 0 Å². The van der Waals surface area contributed by atoms with Gasteiger partial charge < -0.3 is 0 Å². The number of benzene rings is 2. The molecule has 0 aliphatic carbocycles. The lowest BCUT2D eigenvalue weighted by Crippen LogP contribution is -2.32. The van der Waals surface area contributed by atoms with Crippen LogP contribution in [0.1, 0.15) is 50.7 Å². The maximum Gasteiger partial charge on any atom is 0.122 e. The molecule has 98 valence electrons. The highest BCUT2D eigenvalue weighted by atomic mass is 28.2. The first kappa shape index (κ1) is 14.1. The van der Waals surface area contributed by atoms with Crippen molar-refractivity contribution < 1.29 is 0 Å². The van der Waals surface area contributed by atoms with Crippen LogP contribution in [-0.4, -0.2) is 9.52 Å². The van der Waals surface area contributed by atoms with E-state index in [0.29, 0.717) is 11.8 Å². The highest BCUT2D eigenvalue weighted by Crippen LogP contribution is 2.13. The molecule has 2 rings (SSSR count). The van der Waals surface area contributed by atoms with Gasteiger partial charge in [-0.05, 0) is 23.0 Å². The molecule has 0 fully saturated rings. The van der Waals surface area contributed by atoms with E-state index in [1.54, 1.807) is 0 Å². The van der Waals surface area contributed by atoms with Gasteiger partial charge >= 0.3 is 0 Å². The minimum Gasteiger partial charge on any atom is -0.0628 e. The molecule has 0 aromatic heterocycles. The van der Waals surface area contributed by atoms with E-state index in [-0.39, 0.29) is 0 Å². The molecule has 0 atom stereocenters. The van der Waals surface area contributed by atoms with Crippen molar-refractivity contribution >= 4 is 19.9 Å². The van der Waals surface area contributed by atoms with Gasteiger partial charge in [-0.3, -0.25) is 0 Å². The van der Waals surface area contributed by atoms with E-state index >= 15 is 0 Å². The molecular weight excluding hydrogens is 244 g/mol. The second-order valence-electron chi connectivity index (χ2n) is 5.61. The summed E-state index contributed by atoms with van der Waals surface area (Å²) in [6, 6.07) is 17.7. The fraction of sp³-hybridized carbons (Fsp3) is 0.333. The van der Waals surface area contributed by atoms with Crippen LogP contribution in [0.15, 0.2) is 48.5 Å². The van der Waals surface area contributed by atoms with Crippen LogP contribution in [0, 0.1) is 0 Å². The lowest BCUT2D eigenvalue weighted by molar-refractivity contribution is 0.871. The van der Waals surface area contributed by atoms with Crippen LogP contribution in [0.5, 0.6) is 0 Å². The Labute approximate surface area is 119 Å². The quantitative estimate of drug-likeness (QED) is 0.742. The first-order valence-electron chi connectivity index (χ1n) is 7.04. The van der Waals surface area contributed by atoms with E-state index in [4.69, 9.17) is 0 Å². The zero-order valence-corrected chi connectivity index (χ0v) is 13.3. The summed E-state index contributed by atoms with van der Waals surface area (Å²) in [5.41, 5.74) is 2.97. The molecule has 0 N–H and O–H groups in total. The van der Waals surface area contributed by atoms with Gasteiger partial charge in [-0.25, -0.2) is 0 Å². The van der Waals surface area contributed by atoms with Crippen molar-refractivity contribution in [2.24, 2.45) is 0 Å². The Hall–Kier alpha value is -1.34. The number of rotatable bonds is 4. The molecule has 19 heavy (non-hydrogen) atoms. The summed E-state index contributed by atoms with van der Waals surface area (Å²) < 4.78 is 0. The molecule has 0 aliphatic rings. The topological polar surface area (TPSA) is 0 Å². The molecule has 0 heterocycles. The Morgan fingerprint density at radius 3 is 1.37 bits per heavy atom. The van der Waals surface area contributed by atoms with E-state index in [0.717, 1.165) is 9.52 Å². The van der Waals surface area contributed by atoms with Gasteiger partial charge in [0.25, 0.3) is 0 Å². The van der Waals surface area contributed by atoms with Gasteiger partial charge in [0.2, 0.25) is 0 Å². The Morgan fingerprint density at radius 1 is 0.632 bits per heavy atom. The average Bonchev–Trinajstić information content (AvgIpc) is 2.39. The fourth-order valence-corrected chi connectivity index (χ4v) is 4.06. The Bertz CT molecular complexity index is 491. The molecule has 2 radical (unpaired) electrons. The van der Waals surface area contributed by atoms with Crippen molar-refractivity contribution in [2.75, 3.05) is 0 Å². The van der Waals surface area contributed by atoms with Crippen molar-refractivity contribution in [3.05, 3.63) is 59.7 Å². The molecule has 2 aromatic rings. The molecule has 0 saturated carbocycles. The molecule has 0 bridgehead atoms. The highest BCUT2D eigenvalue weighted by molar-refractivity contribution is 6.68. The monoisotopic (exact) mass is 266 g/mol. The van der Waals surface area contributed by atoms with Gasteiger partial charge in [0.15, 0.2) is 0 Å². The smallest absolute Gasteiger partial charge is 0.0628 e. The van der Waals surface area contributed by atoms with Crippen molar-refractivity contribution in [1.29, 1.82) is 0 Å². The predicted molar refractivity (Wildman–Crippen MR) is 86.1 cm³/mol. The van der Waals surface area contributed by atoms with E-state index in [1.165, 1.54) is 21.5 Å². The average molecular weight is 266 g/mol. The van der Waals surface area contributed by atoms with Crippen LogP contribution in [0.25, 0.3) is 0 Å². The Morgan fingerprint density at radius 2 is 1.00 bits per heavy atom. The largest absolute Gasteiger partial charge is 0.122 e. The van der Waals surface area contributed by atoms with Crippen LogP contribution in [0.3, 0.4) is 0 Å². The molecule has 0 nitrogen and oxygen atoms in total. The standard InChI is InChI=1S/C18H22Si/c1-13(2)15-9-5-7-11-17(15)19-18-12-8-6-10-16(18)14(3)4/h5-14H,1-4H3. The van der Waals surface area contributed by atoms with E-state index < -0.39 is 0 Å². The van der Waals surface area contributed by atoms with Crippen molar-refractivity contribution in [3.8, 4) is 0 Å². The Kier molecular flexibility index (Phi) is 4.59. The first-order chi connectivity index (χ1) is 9.09. The summed E-state index contributed by atoms with van der Waals surface area (Å²) >= 11 is 0. The van der Waals surface area contributed by atoms with Crippen molar-refractivity contribution in [3.63, 3.8) is 0 Å². The third-order valence-electron chi connectivity index (χ3n) is 3.43. The molecule has 1 heteroatoms. The van der Waals surface area contributed by atoms with Crippen LogP contribution in [0.2, 0.25) is 0 Å². The third kappa shape index (κ3) is 3.36. The van der Waals surface area contributed by atoms with Gasteiger partial charge in [0.05, 0.1) is 0 Å². The summed E-state index contributed by atoms with van der Waals surface area (Å²) in [7, 11) is 0.760. The van der Waals surface area contributed by atoms with E-state index in [1.807, 2.05) is 0 Å². The van der Waals surface area contributed by atoms with Crippen LogP contribution < -0.4 is 10.4 Å². The lowest BCUT2D eigenvalue weighted by Gasteiger charge is -2.15.